The molecule has 0 saturated carbocycles. The van der Waals surface area contributed by atoms with Crippen LogP contribution in [-0.4, -0.2) is 11.0 Å². The van der Waals surface area contributed by atoms with Gasteiger partial charge in [0.2, 0.25) is 0 Å². The van der Waals surface area contributed by atoms with Gasteiger partial charge in [-0.25, -0.2) is 0 Å². The van der Waals surface area contributed by atoms with Crippen LogP contribution in [0.4, 0.5) is 0 Å². The average molecular weight is 285 g/mol. The zero-order valence-corrected chi connectivity index (χ0v) is 11.3. The molecule has 0 heterocycles. The molecule has 0 amide bonds. The third kappa shape index (κ3) is 2.21. The Balaban J connectivity index is 3.27. The van der Waals surface area contributed by atoms with Crippen molar-refractivity contribution in [1.29, 1.82) is 0 Å². The van der Waals surface area contributed by atoms with Crippen molar-refractivity contribution < 1.29 is 5.21 Å². The maximum atomic E-state index is 8.89. The first-order valence-electron chi connectivity index (χ1n) is 5.17. The molecule has 0 aliphatic heterocycles. The SMILES string of the molecule is CC(C)C(C)(C(N)=NO)c1ccc(Br)cc1. The Kier molecular flexibility index (Phi) is 3.97. The first-order chi connectivity index (χ1) is 7.42. The molecule has 1 aromatic rings. The number of rotatable bonds is 3. The number of hydrogen-bond donors (Lipinski definition) is 2. The summed E-state index contributed by atoms with van der Waals surface area (Å²) < 4.78 is 1.02. The first kappa shape index (κ1) is 13.0. The summed E-state index contributed by atoms with van der Waals surface area (Å²) in [7, 11) is 0. The second-order valence-corrected chi connectivity index (χ2v) is 5.26. The lowest BCUT2D eigenvalue weighted by Gasteiger charge is -2.32. The topological polar surface area (TPSA) is 58.6 Å². The molecule has 0 radical (unpaired) electrons. The fourth-order valence-electron chi connectivity index (χ4n) is 1.68. The quantitative estimate of drug-likeness (QED) is 0.388. The molecule has 16 heavy (non-hydrogen) atoms. The standard InChI is InChI=1S/C12H17BrN2O/c1-8(2)12(3,11(14)15-16)9-4-6-10(13)7-5-9/h4-8,16H,1-3H3,(H2,14,15). The normalized spacial score (nSPS) is 16.2. The highest BCUT2D eigenvalue weighted by Crippen LogP contribution is 2.32. The van der Waals surface area contributed by atoms with Gasteiger partial charge in [0, 0.05) is 4.47 Å². The summed E-state index contributed by atoms with van der Waals surface area (Å²) in [5, 5.41) is 12.1. The van der Waals surface area contributed by atoms with Crippen LogP contribution in [0.5, 0.6) is 0 Å². The van der Waals surface area contributed by atoms with E-state index < -0.39 is 5.41 Å². The lowest BCUT2D eigenvalue weighted by Crippen LogP contribution is -2.43. The van der Waals surface area contributed by atoms with Gasteiger partial charge in [-0.15, -0.1) is 0 Å². The van der Waals surface area contributed by atoms with Gasteiger partial charge in [0.1, 0.15) is 5.84 Å². The van der Waals surface area contributed by atoms with Crippen molar-refractivity contribution in [2.45, 2.75) is 26.2 Å². The van der Waals surface area contributed by atoms with Crippen LogP contribution in [0.1, 0.15) is 26.3 Å². The Bertz CT molecular complexity index is 387. The lowest BCUT2D eigenvalue weighted by atomic mass is 9.72. The molecule has 0 aliphatic rings. The molecule has 0 bridgehead atoms. The molecule has 88 valence electrons. The maximum absolute atomic E-state index is 8.89. The van der Waals surface area contributed by atoms with Crippen molar-refractivity contribution >= 4 is 21.8 Å². The van der Waals surface area contributed by atoms with Crippen LogP contribution in [-0.2, 0) is 5.41 Å². The van der Waals surface area contributed by atoms with E-state index in [0.29, 0.717) is 0 Å². The predicted molar refractivity (Wildman–Crippen MR) is 69.7 cm³/mol. The molecular weight excluding hydrogens is 268 g/mol. The Morgan fingerprint density at radius 2 is 1.88 bits per heavy atom. The van der Waals surface area contributed by atoms with Gasteiger partial charge in [-0.1, -0.05) is 47.1 Å². The molecule has 3 N–H and O–H groups in total. The van der Waals surface area contributed by atoms with Crippen LogP contribution < -0.4 is 5.73 Å². The molecular formula is C12H17BrN2O. The van der Waals surface area contributed by atoms with Crippen LogP contribution in [0, 0.1) is 5.92 Å². The monoisotopic (exact) mass is 284 g/mol. The minimum atomic E-state index is -0.449. The highest BCUT2D eigenvalue weighted by atomic mass is 79.9. The number of oxime groups is 1. The molecule has 0 saturated heterocycles. The van der Waals surface area contributed by atoms with E-state index in [9.17, 15) is 0 Å². The molecule has 3 nitrogen and oxygen atoms in total. The van der Waals surface area contributed by atoms with Crippen molar-refractivity contribution in [3.63, 3.8) is 0 Å². The van der Waals surface area contributed by atoms with E-state index >= 15 is 0 Å². The summed E-state index contributed by atoms with van der Waals surface area (Å²) in [6.45, 7) is 6.09. The van der Waals surface area contributed by atoms with Gasteiger partial charge in [0.25, 0.3) is 0 Å². The summed E-state index contributed by atoms with van der Waals surface area (Å²) in [5.74, 6) is 0.481. The summed E-state index contributed by atoms with van der Waals surface area (Å²) >= 11 is 3.39. The number of amidine groups is 1. The third-order valence-electron chi connectivity index (χ3n) is 3.24. The zero-order valence-electron chi connectivity index (χ0n) is 9.74. The van der Waals surface area contributed by atoms with Crippen LogP contribution in [0.15, 0.2) is 33.9 Å². The van der Waals surface area contributed by atoms with Crippen LogP contribution >= 0.6 is 15.9 Å². The van der Waals surface area contributed by atoms with Crippen LogP contribution in [0.25, 0.3) is 0 Å². The summed E-state index contributed by atoms with van der Waals surface area (Å²) in [6.07, 6.45) is 0. The average Bonchev–Trinajstić information content (AvgIpc) is 2.27. The Labute approximate surface area is 104 Å². The second kappa shape index (κ2) is 4.87. The summed E-state index contributed by atoms with van der Waals surface area (Å²) in [4.78, 5) is 0. The van der Waals surface area contributed by atoms with E-state index in [-0.39, 0.29) is 11.8 Å². The van der Waals surface area contributed by atoms with Gasteiger partial charge in [-0.3, -0.25) is 0 Å². The van der Waals surface area contributed by atoms with Gasteiger partial charge >= 0.3 is 0 Å². The van der Waals surface area contributed by atoms with E-state index in [4.69, 9.17) is 10.9 Å². The molecule has 0 aliphatic carbocycles. The second-order valence-electron chi connectivity index (χ2n) is 4.35. The zero-order chi connectivity index (χ0) is 12.3. The fraction of sp³-hybridized carbons (Fsp3) is 0.417. The summed E-state index contributed by atoms with van der Waals surface area (Å²) in [5.41, 5.74) is 6.40. The van der Waals surface area contributed by atoms with Gasteiger partial charge in [-0.2, -0.15) is 0 Å². The summed E-state index contributed by atoms with van der Waals surface area (Å²) in [6, 6.07) is 7.89. The van der Waals surface area contributed by atoms with E-state index in [1.807, 2.05) is 31.2 Å². The Morgan fingerprint density at radius 1 is 1.38 bits per heavy atom. The van der Waals surface area contributed by atoms with E-state index in [0.717, 1.165) is 10.0 Å². The van der Waals surface area contributed by atoms with Crippen molar-refractivity contribution in [3.8, 4) is 0 Å². The van der Waals surface area contributed by atoms with Crippen molar-refractivity contribution in [3.05, 3.63) is 34.3 Å². The molecule has 1 unspecified atom stereocenters. The Hall–Kier alpha value is -1.03. The van der Waals surface area contributed by atoms with Crippen molar-refractivity contribution in [2.24, 2.45) is 16.8 Å². The number of hydrogen-bond acceptors (Lipinski definition) is 2. The molecule has 4 heteroatoms. The van der Waals surface area contributed by atoms with Gasteiger partial charge in [0.05, 0.1) is 5.41 Å². The maximum Gasteiger partial charge on any atom is 0.149 e. The smallest absolute Gasteiger partial charge is 0.149 e. The van der Waals surface area contributed by atoms with E-state index in [1.54, 1.807) is 0 Å². The molecule has 0 spiro atoms. The Morgan fingerprint density at radius 3 is 2.25 bits per heavy atom. The number of halogens is 1. The minimum absolute atomic E-state index is 0.240. The van der Waals surface area contributed by atoms with E-state index in [1.165, 1.54) is 0 Å². The largest absolute Gasteiger partial charge is 0.409 e. The number of nitrogens with zero attached hydrogens (tertiary/aromatic N) is 1. The molecule has 1 atom stereocenters. The molecule has 1 aromatic carbocycles. The fourth-order valence-corrected chi connectivity index (χ4v) is 1.94. The van der Waals surface area contributed by atoms with Gasteiger partial charge < -0.3 is 10.9 Å². The minimum Gasteiger partial charge on any atom is -0.409 e. The first-order valence-corrected chi connectivity index (χ1v) is 5.96. The highest BCUT2D eigenvalue weighted by Gasteiger charge is 2.35. The van der Waals surface area contributed by atoms with Crippen molar-refractivity contribution in [2.75, 3.05) is 0 Å². The third-order valence-corrected chi connectivity index (χ3v) is 3.77. The van der Waals surface area contributed by atoms with Gasteiger partial charge in [0.15, 0.2) is 0 Å². The lowest BCUT2D eigenvalue weighted by molar-refractivity contribution is 0.306. The number of nitrogens with two attached hydrogens (primary N) is 1. The predicted octanol–water partition coefficient (Wildman–Crippen LogP) is 3.11. The van der Waals surface area contributed by atoms with Crippen LogP contribution in [0.2, 0.25) is 0 Å². The van der Waals surface area contributed by atoms with Crippen LogP contribution in [0.3, 0.4) is 0 Å². The van der Waals surface area contributed by atoms with E-state index in [2.05, 4.69) is 34.9 Å². The molecule has 1 rings (SSSR count). The van der Waals surface area contributed by atoms with Gasteiger partial charge in [-0.05, 0) is 30.5 Å². The molecule has 0 aromatic heterocycles. The highest BCUT2D eigenvalue weighted by molar-refractivity contribution is 9.10. The number of benzene rings is 1. The van der Waals surface area contributed by atoms with Crippen molar-refractivity contribution in [1.82, 2.24) is 0 Å². The molecule has 0 fully saturated rings.